The van der Waals surface area contributed by atoms with E-state index in [1.807, 2.05) is 13.8 Å². The fraction of sp³-hybridized carbons (Fsp3) is 0.444. The molecular formula is C27H37NO8S. The van der Waals surface area contributed by atoms with E-state index in [0.29, 0.717) is 36.8 Å². The number of phenols is 2. The Labute approximate surface area is 222 Å². The maximum atomic E-state index is 13.4. The average Bonchev–Trinajstić information content (AvgIpc) is 2.91. The number of fused-ring (bicyclic) bond motifs is 1. The van der Waals surface area contributed by atoms with Crippen molar-refractivity contribution in [3.05, 3.63) is 51.6 Å². The van der Waals surface area contributed by atoms with Crippen LogP contribution in [0.4, 0.5) is 0 Å². The number of rotatable bonds is 7. The topological polar surface area (TPSA) is 153 Å². The van der Waals surface area contributed by atoms with Crippen molar-refractivity contribution in [2.45, 2.75) is 44.8 Å². The zero-order valence-corrected chi connectivity index (χ0v) is 23.0. The molecule has 204 valence electrons. The number of methoxy groups -OCH3 is 1. The molecule has 0 aliphatic heterocycles. The first-order chi connectivity index (χ1) is 17.5. The third-order valence-electron chi connectivity index (χ3n) is 6.04. The number of aromatic hydroxyl groups is 2. The first-order valence-electron chi connectivity index (χ1n) is 11.6. The lowest BCUT2D eigenvalue weighted by Gasteiger charge is -2.28. The number of nitrogens with one attached hydrogen (secondary N) is 1. The van der Waals surface area contributed by atoms with Crippen molar-refractivity contribution in [2.75, 3.05) is 27.9 Å². The van der Waals surface area contributed by atoms with E-state index < -0.39 is 11.7 Å². The van der Waals surface area contributed by atoms with Crippen LogP contribution in [-0.4, -0.2) is 71.0 Å². The highest BCUT2D eigenvalue weighted by Crippen LogP contribution is 2.43. The molecule has 1 aliphatic rings. The Hall–Kier alpha value is -3.08. The average molecular weight is 536 g/mol. The molecule has 0 aromatic heterocycles. The molecule has 3 rings (SSSR count). The highest BCUT2D eigenvalue weighted by molar-refractivity contribution is 7.81. The lowest BCUT2D eigenvalue weighted by molar-refractivity contribution is -0.125. The second-order valence-electron chi connectivity index (χ2n) is 8.99. The van der Waals surface area contributed by atoms with E-state index in [9.17, 15) is 24.6 Å². The number of hydrogen-bond donors (Lipinski definition) is 6. The number of hydrogen-bond acceptors (Lipinski definition) is 9. The SMILES string of the molecule is CO.CO.COc1cccc(C(=O)c2c(C)c(O)c3c(c2O)CC(C(=O)NCC(C)(C)S)CC3)c1C=O. The lowest BCUT2D eigenvalue weighted by atomic mass is 9.79. The number of aliphatic hydroxyl groups is 2. The van der Waals surface area contributed by atoms with Gasteiger partial charge in [-0.05, 0) is 46.1 Å². The van der Waals surface area contributed by atoms with Crippen molar-refractivity contribution in [1.82, 2.24) is 5.32 Å². The summed E-state index contributed by atoms with van der Waals surface area (Å²) in [6.45, 7) is 5.72. The van der Waals surface area contributed by atoms with Crippen LogP contribution >= 0.6 is 12.6 Å². The van der Waals surface area contributed by atoms with E-state index in [-0.39, 0.29) is 56.6 Å². The summed E-state index contributed by atoms with van der Waals surface area (Å²) < 4.78 is 4.81. The van der Waals surface area contributed by atoms with Gasteiger partial charge in [-0.3, -0.25) is 14.4 Å². The summed E-state index contributed by atoms with van der Waals surface area (Å²) in [5.74, 6) is -1.28. The predicted octanol–water partition coefficient (Wildman–Crippen LogP) is 2.60. The van der Waals surface area contributed by atoms with Crippen LogP contribution < -0.4 is 10.1 Å². The maximum absolute atomic E-state index is 13.4. The third-order valence-corrected chi connectivity index (χ3v) is 6.20. The second kappa shape index (κ2) is 14.0. The molecule has 1 aliphatic carbocycles. The minimum Gasteiger partial charge on any atom is -0.507 e. The molecule has 1 amide bonds. The van der Waals surface area contributed by atoms with Gasteiger partial charge in [-0.1, -0.05) is 12.1 Å². The number of thiol groups is 1. The van der Waals surface area contributed by atoms with Crippen LogP contribution in [0.25, 0.3) is 0 Å². The third kappa shape index (κ3) is 7.24. The zero-order valence-electron chi connectivity index (χ0n) is 22.1. The number of aldehydes is 1. The van der Waals surface area contributed by atoms with Gasteiger partial charge in [0.25, 0.3) is 0 Å². The Morgan fingerprint density at radius 3 is 2.30 bits per heavy atom. The van der Waals surface area contributed by atoms with E-state index in [0.717, 1.165) is 14.2 Å². The van der Waals surface area contributed by atoms with E-state index in [2.05, 4.69) is 17.9 Å². The predicted molar refractivity (Wildman–Crippen MR) is 144 cm³/mol. The van der Waals surface area contributed by atoms with E-state index in [1.54, 1.807) is 19.1 Å². The van der Waals surface area contributed by atoms with Crippen LogP contribution in [-0.2, 0) is 17.6 Å². The van der Waals surface area contributed by atoms with Crippen molar-refractivity contribution >= 4 is 30.6 Å². The minimum absolute atomic E-state index is 0.0585. The van der Waals surface area contributed by atoms with Gasteiger partial charge >= 0.3 is 0 Å². The molecule has 0 radical (unpaired) electrons. The molecule has 37 heavy (non-hydrogen) atoms. The molecule has 1 unspecified atom stereocenters. The largest absolute Gasteiger partial charge is 0.507 e. The summed E-state index contributed by atoms with van der Waals surface area (Å²) in [7, 11) is 3.39. The van der Waals surface area contributed by atoms with Crippen LogP contribution in [0.5, 0.6) is 17.2 Å². The molecule has 5 N–H and O–H groups in total. The number of ketones is 1. The Kier molecular flexibility index (Phi) is 12.1. The standard InChI is InChI=1S/C25H29NO6S.2CH4O/c1-13-20(22(29)15-6-5-7-19(32-4)18(15)11-27)23(30)17-10-14(8-9-16(17)21(13)28)24(31)26-12-25(2,3)33;2*1-2/h5-7,11,14,28,30,33H,8-10,12H2,1-4H3,(H,26,31);2*2H,1H3. The maximum Gasteiger partial charge on any atom is 0.223 e. The fourth-order valence-electron chi connectivity index (χ4n) is 4.24. The normalized spacial score (nSPS) is 14.1. The number of phenolic OH excluding ortho intramolecular Hbond substituents is 2. The van der Waals surface area contributed by atoms with Gasteiger partial charge < -0.3 is 30.5 Å². The van der Waals surface area contributed by atoms with E-state index >= 15 is 0 Å². The van der Waals surface area contributed by atoms with Gasteiger partial charge in [-0.25, -0.2) is 0 Å². The Balaban J connectivity index is 0.00000163. The number of carbonyl (C=O) groups is 3. The summed E-state index contributed by atoms with van der Waals surface area (Å²) in [5.41, 5.74) is 1.20. The molecule has 10 heteroatoms. The highest BCUT2D eigenvalue weighted by atomic mass is 32.1. The zero-order chi connectivity index (χ0) is 28.5. The second-order valence-corrected chi connectivity index (χ2v) is 10.2. The molecule has 0 fully saturated rings. The van der Waals surface area contributed by atoms with Crippen LogP contribution in [0.15, 0.2) is 18.2 Å². The number of carbonyl (C=O) groups excluding carboxylic acids is 3. The smallest absolute Gasteiger partial charge is 0.223 e. The van der Waals surface area contributed by atoms with Crippen molar-refractivity contribution in [2.24, 2.45) is 5.92 Å². The van der Waals surface area contributed by atoms with Crippen LogP contribution in [0.1, 0.15) is 63.2 Å². The minimum atomic E-state index is -0.604. The number of aliphatic hydroxyl groups excluding tert-OH is 2. The summed E-state index contributed by atoms with van der Waals surface area (Å²) in [6, 6.07) is 4.61. The van der Waals surface area contributed by atoms with Crippen molar-refractivity contribution in [3.63, 3.8) is 0 Å². The van der Waals surface area contributed by atoms with Crippen LogP contribution in [0.3, 0.4) is 0 Å². The summed E-state index contributed by atoms with van der Waals surface area (Å²) >= 11 is 4.42. The van der Waals surface area contributed by atoms with Crippen molar-refractivity contribution in [3.8, 4) is 17.2 Å². The van der Waals surface area contributed by atoms with Gasteiger partial charge in [0.1, 0.15) is 17.2 Å². The molecule has 0 bridgehead atoms. The lowest BCUT2D eigenvalue weighted by Crippen LogP contribution is -2.40. The monoisotopic (exact) mass is 535 g/mol. The van der Waals surface area contributed by atoms with Gasteiger partial charge in [0, 0.05) is 53.7 Å². The van der Waals surface area contributed by atoms with Crippen LogP contribution in [0, 0.1) is 12.8 Å². The molecule has 9 nitrogen and oxygen atoms in total. The molecule has 0 heterocycles. The summed E-state index contributed by atoms with van der Waals surface area (Å²) in [5, 5.41) is 38.8. The first kappa shape index (κ1) is 31.9. The molecule has 2 aromatic carbocycles. The fourth-order valence-corrected chi connectivity index (χ4v) is 4.32. The molecule has 1 atom stereocenters. The van der Waals surface area contributed by atoms with Gasteiger partial charge in [0.2, 0.25) is 5.91 Å². The molecule has 2 aromatic rings. The van der Waals surface area contributed by atoms with Crippen LogP contribution in [0.2, 0.25) is 0 Å². The first-order valence-corrected chi connectivity index (χ1v) is 12.1. The number of benzene rings is 2. The van der Waals surface area contributed by atoms with E-state index in [4.69, 9.17) is 14.9 Å². The van der Waals surface area contributed by atoms with Crippen molar-refractivity contribution < 1.29 is 39.5 Å². The Morgan fingerprint density at radius 2 is 1.76 bits per heavy atom. The molecular weight excluding hydrogens is 498 g/mol. The van der Waals surface area contributed by atoms with E-state index in [1.165, 1.54) is 13.2 Å². The van der Waals surface area contributed by atoms with Gasteiger partial charge in [-0.2, -0.15) is 12.6 Å². The van der Waals surface area contributed by atoms with Crippen molar-refractivity contribution in [1.29, 1.82) is 0 Å². The summed E-state index contributed by atoms with van der Waals surface area (Å²) in [6.07, 6.45) is 1.62. The summed E-state index contributed by atoms with van der Waals surface area (Å²) in [4.78, 5) is 37.8. The Bertz CT molecular complexity index is 1120. The van der Waals surface area contributed by atoms with Gasteiger partial charge in [0.15, 0.2) is 12.1 Å². The Morgan fingerprint density at radius 1 is 1.14 bits per heavy atom. The molecule has 0 saturated carbocycles. The van der Waals surface area contributed by atoms with Gasteiger partial charge in [-0.15, -0.1) is 0 Å². The highest BCUT2D eigenvalue weighted by Gasteiger charge is 2.33. The molecule has 0 spiro atoms. The number of ether oxygens (including phenoxy) is 1. The van der Waals surface area contributed by atoms with Gasteiger partial charge in [0.05, 0.1) is 18.2 Å². The quantitative estimate of drug-likeness (QED) is 0.137. The number of amides is 1. The molecule has 0 saturated heterocycles.